The number of nitrogens with zero attached hydrogens (tertiary/aromatic N) is 3. The van der Waals surface area contributed by atoms with Crippen molar-refractivity contribution in [2.75, 3.05) is 5.32 Å². The van der Waals surface area contributed by atoms with Crippen molar-refractivity contribution in [3.63, 3.8) is 0 Å². The number of imide groups is 1. The van der Waals surface area contributed by atoms with Crippen molar-refractivity contribution in [3.05, 3.63) is 62.3 Å². The van der Waals surface area contributed by atoms with Crippen molar-refractivity contribution in [2.45, 2.75) is 13.0 Å². The predicted molar refractivity (Wildman–Crippen MR) is 107 cm³/mol. The molecule has 1 unspecified atom stereocenters. The Morgan fingerprint density at radius 1 is 1.21 bits per heavy atom. The van der Waals surface area contributed by atoms with Gasteiger partial charge < -0.3 is 5.32 Å². The normalized spacial score (nSPS) is 14.0. The van der Waals surface area contributed by atoms with Gasteiger partial charge >= 0.3 is 0 Å². The number of nitro groups is 1. The van der Waals surface area contributed by atoms with Gasteiger partial charge in [-0.05, 0) is 24.4 Å². The molecule has 0 radical (unpaired) electrons. The number of rotatable bonds is 5. The zero-order valence-electron chi connectivity index (χ0n) is 14.8. The molecule has 2 aromatic heterocycles. The molecule has 1 aliphatic rings. The lowest BCUT2D eigenvalue weighted by Gasteiger charge is -2.20. The van der Waals surface area contributed by atoms with Crippen LogP contribution in [0.2, 0.25) is 0 Å². The van der Waals surface area contributed by atoms with Gasteiger partial charge in [0, 0.05) is 11.4 Å². The van der Waals surface area contributed by atoms with Crippen molar-refractivity contribution in [1.82, 2.24) is 9.88 Å². The number of nitro benzene ring substituents is 1. The summed E-state index contributed by atoms with van der Waals surface area (Å²) in [5.74, 6) is -2.22. The number of thiophene rings is 1. The summed E-state index contributed by atoms with van der Waals surface area (Å²) in [5, 5.41) is 17.8. The quantitative estimate of drug-likeness (QED) is 0.377. The van der Waals surface area contributed by atoms with Gasteiger partial charge in [-0.1, -0.05) is 12.1 Å². The zero-order chi connectivity index (χ0) is 20.7. The molecule has 0 bridgehead atoms. The molecule has 1 aliphatic heterocycles. The lowest BCUT2D eigenvalue weighted by molar-refractivity contribution is -0.385. The number of amides is 3. The second kappa shape index (κ2) is 7.18. The summed E-state index contributed by atoms with van der Waals surface area (Å²) in [6, 6.07) is 6.44. The molecule has 0 aliphatic carbocycles. The van der Waals surface area contributed by atoms with Crippen LogP contribution in [-0.2, 0) is 4.79 Å². The van der Waals surface area contributed by atoms with Crippen molar-refractivity contribution < 1.29 is 19.3 Å². The molecule has 3 amide bonds. The minimum atomic E-state index is -1.17. The van der Waals surface area contributed by atoms with Gasteiger partial charge in [0.15, 0.2) is 5.13 Å². The Morgan fingerprint density at radius 2 is 2.00 bits per heavy atom. The smallest absolute Gasteiger partial charge is 0.282 e. The molecule has 1 aromatic carbocycles. The van der Waals surface area contributed by atoms with Gasteiger partial charge in [0.25, 0.3) is 17.5 Å². The van der Waals surface area contributed by atoms with Crippen molar-refractivity contribution in [3.8, 4) is 10.6 Å². The van der Waals surface area contributed by atoms with E-state index in [-0.39, 0.29) is 11.1 Å². The molecule has 0 saturated carbocycles. The first-order valence-electron chi connectivity index (χ1n) is 8.34. The third kappa shape index (κ3) is 3.19. The fourth-order valence-corrected chi connectivity index (χ4v) is 4.46. The maximum Gasteiger partial charge on any atom is 0.282 e. The molecular weight excluding hydrogens is 416 g/mol. The van der Waals surface area contributed by atoms with Gasteiger partial charge in [-0.25, -0.2) is 4.98 Å². The van der Waals surface area contributed by atoms with Crippen molar-refractivity contribution in [1.29, 1.82) is 0 Å². The van der Waals surface area contributed by atoms with Crippen molar-refractivity contribution in [2.24, 2.45) is 0 Å². The summed E-state index contributed by atoms with van der Waals surface area (Å²) in [7, 11) is 0. The molecule has 1 atom stereocenters. The lowest BCUT2D eigenvalue weighted by atomic mass is 10.1. The van der Waals surface area contributed by atoms with Crippen LogP contribution in [0.25, 0.3) is 10.6 Å². The summed E-state index contributed by atoms with van der Waals surface area (Å²) in [6.45, 7) is 1.39. The van der Waals surface area contributed by atoms with Gasteiger partial charge in [0.05, 0.1) is 21.1 Å². The Bertz CT molecular complexity index is 1150. The molecule has 1 N–H and O–H groups in total. The summed E-state index contributed by atoms with van der Waals surface area (Å²) in [6.07, 6.45) is 0. The Labute approximate surface area is 171 Å². The topological polar surface area (TPSA) is 123 Å². The number of nitrogens with one attached hydrogen (secondary N) is 1. The van der Waals surface area contributed by atoms with E-state index >= 15 is 0 Å². The Balaban J connectivity index is 1.55. The second-order valence-electron chi connectivity index (χ2n) is 6.12. The first-order chi connectivity index (χ1) is 13.9. The third-order valence-electron chi connectivity index (χ3n) is 4.40. The van der Waals surface area contributed by atoms with Crippen LogP contribution in [0.1, 0.15) is 27.6 Å². The van der Waals surface area contributed by atoms with Gasteiger partial charge in [-0.2, -0.15) is 0 Å². The molecule has 11 heteroatoms. The summed E-state index contributed by atoms with van der Waals surface area (Å²) >= 11 is 2.73. The third-order valence-corrected chi connectivity index (χ3v) is 6.05. The molecule has 4 rings (SSSR count). The molecule has 9 nitrogen and oxygen atoms in total. The predicted octanol–water partition coefficient (Wildman–Crippen LogP) is 3.40. The van der Waals surface area contributed by atoms with E-state index in [0.29, 0.717) is 10.8 Å². The van der Waals surface area contributed by atoms with Gasteiger partial charge in [-0.15, -0.1) is 22.7 Å². The summed E-state index contributed by atoms with van der Waals surface area (Å²) < 4.78 is 0. The molecule has 29 heavy (non-hydrogen) atoms. The van der Waals surface area contributed by atoms with E-state index in [1.54, 1.807) is 5.38 Å². The van der Waals surface area contributed by atoms with Crippen LogP contribution < -0.4 is 5.32 Å². The summed E-state index contributed by atoms with van der Waals surface area (Å²) in [4.78, 5) is 54.5. The number of carbonyl (C=O) groups is 3. The molecule has 3 aromatic rings. The van der Waals surface area contributed by atoms with Gasteiger partial charge in [0.2, 0.25) is 5.91 Å². The fraction of sp³-hybridized carbons (Fsp3) is 0.111. The minimum Gasteiger partial charge on any atom is -0.300 e. The summed E-state index contributed by atoms with van der Waals surface area (Å²) in [5.41, 5.74) is -0.129. The second-order valence-corrected chi connectivity index (χ2v) is 7.92. The number of benzene rings is 1. The Morgan fingerprint density at radius 3 is 2.69 bits per heavy atom. The average Bonchev–Trinajstić information content (AvgIpc) is 3.42. The number of anilines is 1. The van der Waals surface area contributed by atoms with E-state index < -0.39 is 34.4 Å². The van der Waals surface area contributed by atoms with E-state index in [4.69, 9.17) is 0 Å². The average molecular weight is 428 g/mol. The number of thiazole rings is 1. The van der Waals surface area contributed by atoms with Crippen LogP contribution in [0, 0.1) is 10.1 Å². The number of hydrogen-bond acceptors (Lipinski definition) is 8. The highest BCUT2D eigenvalue weighted by atomic mass is 32.1. The molecule has 146 valence electrons. The minimum absolute atomic E-state index is 0.0851. The van der Waals surface area contributed by atoms with Gasteiger partial charge in [-0.3, -0.25) is 29.4 Å². The monoisotopic (exact) mass is 428 g/mol. The molecule has 0 saturated heterocycles. The van der Waals surface area contributed by atoms with E-state index in [1.165, 1.54) is 41.7 Å². The number of fused-ring (bicyclic) bond motifs is 1. The number of hydrogen-bond donors (Lipinski definition) is 1. The first-order valence-corrected chi connectivity index (χ1v) is 10.1. The maximum absolute atomic E-state index is 12.7. The van der Waals surface area contributed by atoms with Crippen LogP contribution in [0.3, 0.4) is 0 Å². The highest BCUT2D eigenvalue weighted by Gasteiger charge is 2.44. The van der Waals surface area contributed by atoms with Crippen LogP contribution in [0.15, 0.2) is 41.1 Å². The Kier molecular flexibility index (Phi) is 4.68. The highest BCUT2D eigenvalue weighted by molar-refractivity contribution is 7.16. The van der Waals surface area contributed by atoms with E-state index in [9.17, 15) is 24.5 Å². The highest BCUT2D eigenvalue weighted by Crippen LogP contribution is 2.32. The van der Waals surface area contributed by atoms with Crippen LogP contribution in [0.5, 0.6) is 0 Å². The van der Waals surface area contributed by atoms with E-state index in [1.807, 2.05) is 17.5 Å². The number of aromatic nitrogens is 1. The zero-order valence-corrected chi connectivity index (χ0v) is 16.5. The molecule has 3 heterocycles. The van der Waals surface area contributed by atoms with Crippen LogP contribution >= 0.6 is 22.7 Å². The Hall–Kier alpha value is -3.44. The van der Waals surface area contributed by atoms with Crippen LogP contribution in [0.4, 0.5) is 10.8 Å². The van der Waals surface area contributed by atoms with E-state index in [0.717, 1.165) is 15.8 Å². The lowest BCUT2D eigenvalue weighted by Crippen LogP contribution is -2.45. The van der Waals surface area contributed by atoms with E-state index in [2.05, 4.69) is 10.3 Å². The standard InChI is InChI=1S/C18H12N4O5S2/c1-9(15(23)20-18-19-11(8-29-18)13-6-3-7-28-13)21-16(24)10-4-2-5-12(22(26)27)14(10)17(21)25/h2-9H,1H3,(H,19,20,23). The number of carbonyl (C=O) groups excluding carboxylic acids is 3. The molecule has 0 spiro atoms. The SMILES string of the molecule is CC(C(=O)Nc1nc(-c2cccs2)cs1)N1C(=O)c2cccc([N+](=O)[O-])c2C1=O. The molecule has 0 fully saturated rings. The fourth-order valence-electron chi connectivity index (χ4n) is 2.99. The largest absolute Gasteiger partial charge is 0.300 e. The van der Waals surface area contributed by atoms with Crippen LogP contribution in [-0.4, -0.2) is 38.6 Å². The molecular formula is C18H12N4O5S2. The maximum atomic E-state index is 12.7. The van der Waals surface area contributed by atoms with Crippen molar-refractivity contribution >= 4 is 51.2 Å². The van der Waals surface area contributed by atoms with Gasteiger partial charge in [0.1, 0.15) is 11.6 Å². The first kappa shape index (κ1) is 18.9.